The van der Waals surface area contributed by atoms with Crippen molar-refractivity contribution in [3.05, 3.63) is 59.9 Å². The number of benzene rings is 2. The van der Waals surface area contributed by atoms with E-state index in [1.54, 1.807) is 24.3 Å². The summed E-state index contributed by atoms with van der Waals surface area (Å²) in [7, 11) is 1.19. The molecule has 0 atom stereocenters. The summed E-state index contributed by atoms with van der Waals surface area (Å²) < 4.78 is 45.3. The van der Waals surface area contributed by atoms with Crippen LogP contribution in [0.1, 0.15) is 16.2 Å². The zero-order valence-electron chi connectivity index (χ0n) is 14.1. The molecule has 1 N–H and O–H groups in total. The van der Waals surface area contributed by atoms with Crippen molar-refractivity contribution in [3.63, 3.8) is 0 Å². The van der Waals surface area contributed by atoms with Crippen molar-refractivity contribution in [2.75, 3.05) is 12.4 Å². The van der Waals surface area contributed by atoms with Crippen LogP contribution in [0, 0.1) is 0 Å². The van der Waals surface area contributed by atoms with Crippen LogP contribution in [0.2, 0.25) is 0 Å². The van der Waals surface area contributed by atoms with Gasteiger partial charge in [0.15, 0.2) is 0 Å². The molecule has 0 radical (unpaired) electrons. The third-order valence-corrected chi connectivity index (χ3v) is 3.82. The Balaban J connectivity index is 1.93. The summed E-state index contributed by atoms with van der Waals surface area (Å²) in [5.41, 5.74) is 0.557. The molecule has 0 bridgehead atoms. The van der Waals surface area contributed by atoms with Crippen LogP contribution >= 0.6 is 0 Å². The molecular weight excluding hydrogens is 363 g/mol. The fraction of sp³-hybridized carbons (Fsp3) is 0.167. The summed E-state index contributed by atoms with van der Waals surface area (Å²) in [6, 6.07) is 12.1. The first-order valence-corrected chi connectivity index (χ1v) is 7.81. The lowest BCUT2D eigenvalue weighted by Gasteiger charge is -2.13. The van der Waals surface area contributed by atoms with Crippen molar-refractivity contribution in [1.82, 2.24) is 9.55 Å². The maximum atomic E-state index is 13.3. The van der Waals surface area contributed by atoms with Gasteiger partial charge in [-0.1, -0.05) is 24.3 Å². The number of nitrogens with zero attached hydrogens (tertiary/aromatic N) is 2. The molecule has 140 valence electrons. The number of fused-ring (bicyclic) bond motifs is 1. The Morgan fingerprint density at radius 3 is 2.48 bits per heavy atom. The summed E-state index contributed by atoms with van der Waals surface area (Å²) >= 11 is 0. The van der Waals surface area contributed by atoms with Crippen molar-refractivity contribution < 1.29 is 27.5 Å². The number of alkyl halides is 3. The molecule has 0 spiro atoms. The van der Waals surface area contributed by atoms with Gasteiger partial charge in [-0.3, -0.25) is 4.79 Å². The van der Waals surface area contributed by atoms with Crippen molar-refractivity contribution >= 4 is 28.6 Å². The van der Waals surface area contributed by atoms with E-state index in [-0.39, 0.29) is 22.3 Å². The highest BCUT2D eigenvalue weighted by Crippen LogP contribution is 2.31. The van der Waals surface area contributed by atoms with Crippen LogP contribution in [0.4, 0.5) is 18.9 Å². The van der Waals surface area contributed by atoms with Crippen LogP contribution in [0.15, 0.2) is 48.5 Å². The van der Waals surface area contributed by atoms with Gasteiger partial charge >= 0.3 is 12.1 Å². The van der Waals surface area contributed by atoms with Gasteiger partial charge in [0.1, 0.15) is 6.54 Å². The maximum Gasteiger partial charge on any atom is 0.449 e. The molecule has 9 heteroatoms. The molecule has 0 saturated heterocycles. The third kappa shape index (κ3) is 3.76. The largest absolute Gasteiger partial charge is 0.465 e. The Morgan fingerprint density at radius 2 is 1.78 bits per heavy atom. The van der Waals surface area contributed by atoms with Crippen LogP contribution < -0.4 is 5.32 Å². The Bertz CT molecular complexity index is 1010. The zero-order valence-corrected chi connectivity index (χ0v) is 14.1. The molecule has 0 aliphatic heterocycles. The number of aromatic nitrogens is 2. The number of imidazole rings is 1. The number of carbonyl (C=O) groups excluding carboxylic acids is 2. The Labute approximate surface area is 151 Å². The van der Waals surface area contributed by atoms with Gasteiger partial charge in [0, 0.05) is 0 Å². The lowest BCUT2D eigenvalue weighted by molar-refractivity contribution is -0.147. The van der Waals surface area contributed by atoms with Crippen molar-refractivity contribution in [1.29, 1.82) is 0 Å². The van der Waals surface area contributed by atoms with Gasteiger partial charge < -0.3 is 14.6 Å². The molecule has 1 aromatic heterocycles. The van der Waals surface area contributed by atoms with E-state index in [0.717, 1.165) is 4.57 Å². The van der Waals surface area contributed by atoms with E-state index in [9.17, 15) is 22.8 Å². The molecule has 0 aliphatic carbocycles. The normalized spacial score (nSPS) is 11.4. The molecule has 3 aromatic rings. The van der Waals surface area contributed by atoms with Gasteiger partial charge in [-0.2, -0.15) is 13.2 Å². The summed E-state index contributed by atoms with van der Waals surface area (Å²) in [4.78, 5) is 27.7. The minimum atomic E-state index is -4.72. The molecule has 1 amide bonds. The first-order chi connectivity index (χ1) is 12.8. The van der Waals surface area contributed by atoms with Crippen molar-refractivity contribution in [2.24, 2.45) is 0 Å². The average molecular weight is 377 g/mol. The van der Waals surface area contributed by atoms with Gasteiger partial charge in [-0.05, 0) is 24.3 Å². The number of rotatable bonds is 4. The van der Waals surface area contributed by atoms with E-state index in [1.807, 2.05) is 0 Å². The molecule has 0 fully saturated rings. The predicted octanol–water partition coefficient (Wildman–Crippen LogP) is 3.48. The Kier molecular flexibility index (Phi) is 4.85. The maximum absolute atomic E-state index is 13.3. The number of para-hydroxylation sites is 3. The number of esters is 1. The van der Waals surface area contributed by atoms with E-state index in [1.165, 1.54) is 31.4 Å². The number of amides is 1. The first kappa shape index (κ1) is 18.4. The molecule has 1 heterocycles. The minimum Gasteiger partial charge on any atom is -0.465 e. The third-order valence-electron chi connectivity index (χ3n) is 3.82. The van der Waals surface area contributed by atoms with Gasteiger partial charge in [0.05, 0.1) is 29.4 Å². The van der Waals surface area contributed by atoms with E-state index in [4.69, 9.17) is 0 Å². The highest BCUT2D eigenvalue weighted by Gasteiger charge is 2.38. The van der Waals surface area contributed by atoms with E-state index >= 15 is 0 Å². The highest BCUT2D eigenvalue weighted by molar-refractivity contribution is 6.01. The predicted molar refractivity (Wildman–Crippen MR) is 91.1 cm³/mol. The molecule has 27 heavy (non-hydrogen) atoms. The standard InChI is InChI=1S/C18H14F3N3O3/c1-27-16(26)11-6-2-3-7-12(11)22-15(25)10-24-14-9-5-4-8-13(14)23-17(24)18(19,20)21/h2-9H,10H2,1H3,(H,22,25). The second-order valence-corrected chi connectivity index (χ2v) is 5.59. The number of carbonyl (C=O) groups is 2. The summed E-state index contributed by atoms with van der Waals surface area (Å²) in [5, 5.41) is 2.45. The lowest BCUT2D eigenvalue weighted by atomic mass is 10.2. The van der Waals surface area contributed by atoms with Crippen LogP contribution in [0.5, 0.6) is 0 Å². The van der Waals surface area contributed by atoms with E-state index in [2.05, 4.69) is 15.0 Å². The van der Waals surface area contributed by atoms with Crippen LogP contribution in [0.3, 0.4) is 0 Å². The zero-order chi connectivity index (χ0) is 19.6. The summed E-state index contributed by atoms with van der Waals surface area (Å²) in [6.07, 6.45) is -4.72. The quantitative estimate of drug-likeness (QED) is 0.707. The second-order valence-electron chi connectivity index (χ2n) is 5.59. The molecule has 0 saturated carbocycles. The van der Waals surface area contributed by atoms with Gasteiger partial charge in [-0.15, -0.1) is 0 Å². The van der Waals surface area contributed by atoms with Gasteiger partial charge in [0.2, 0.25) is 11.7 Å². The summed E-state index contributed by atoms with van der Waals surface area (Å²) in [6.45, 7) is -0.620. The highest BCUT2D eigenvalue weighted by atomic mass is 19.4. The second kappa shape index (κ2) is 7.10. The van der Waals surface area contributed by atoms with Crippen LogP contribution in [-0.2, 0) is 22.3 Å². The van der Waals surface area contributed by atoms with Crippen molar-refractivity contribution in [3.8, 4) is 0 Å². The van der Waals surface area contributed by atoms with Crippen LogP contribution in [-0.4, -0.2) is 28.5 Å². The number of hydrogen-bond donors (Lipinski definition) is 1. The summed E-state index contributed by atoms with van der Waals surface area (Å²) in [5.74, 6) is -2.57. The molecule has 6 nitrogen and oxygen atoms in total. The number of hydrogen-bond acceptors (Lipinski definition) is 4. The SMILES string of the molecule is COC(=O)c1ccccc1NC(=O)Cn1c(C(F)(F)F)nc2ccccc21. The van der Waals surface area contributed by atoms with Gasteiger partial charge in [0.25, 0.3) is 0 Å². The topological polar surface area (TPSA) is 73.2 Å². The minimum absolute atomic E-state index is 0.0971. The molecule has 2 aromatic carbocycles. The van der Waals surface area contributed by atoms with E-state index < -0.39 is 30.4 Å². The van der Waals surface area contributed by atoms with Gasteiger partial charge in [-0.25, -0.2) is 9.78 Å². The number of anilines is 1. The Hall–Kier alpha value is -3.36. The average Bonchev–Trinajstić information content (AvgIpc) is 3.00. The van der Waals surface area contributed by atoms with E-state index in [0.29, 0.717) is 0 Å². The fourth-order valence-corrected chi connectivity index (χ4v) is 2.67. The lowest BCUT2D eigenvalue weighted by Crippen LogP contribution is -2.24. The number of methoxy groups -OCH3 is 1. The fourth-order valence-electron chi connectivity index (χ4n) is 2.67. The Morgan fingerprint density at radius 1 is 1.11 bits per heavy atom. The van der Waals surface area contributed by atoms with Crippen LogP contribution in [0.25, 0.3) is 11.0 Å². The molecule has 0 aliphatic rings. The molecular formula is C18H14F3N3O3. The smallest absolute Gasteiger partial charge is 0.449 e. The monoisotopic (exact) mass is 377 g/mol. The molecule has 3 rings (SSSR count). The first-order valence-electron chi connectivity index (χ1n) is 7.81. The number of nitrogens with one attached hydrogen (secondary N) is 1. The number of ether oxygens (including phenoxy) is 1. The molecule has 0 unspecified atom stereocenters. The van der Waals surface area contributed by atoms with Crippen molar-refractivity contribution in [2.45, 2.75) is 12.7 Å². The number of halogens is 3.